The highest BCUT2D eigenvalue weighted by molar-refractivity contribution is 6.04. The van der Waals surface area contributed by atoms with Crippen LogP contribution in [0.4, 0.5) is 23.2 Å². The second kappa shape index (κ2) is 7.19. The van der Waals surface area contributed by atoms with Gasteiger partial charge in [-0.25, -0.2) is 9.37 Å². The highest BCUT2D eigenvalue weighted by Gasteiger charge is 2.31. The lowest BCUT2D eigenvalue weighted by Gasteiger charge is -2.14. The zero-order valence-electron chi connectivity index (χ0n) is 14.5. The maximum atomic E-state index is 13.5. The number of imidazole rings is 1. The summed E-state index contributed by atoms with van der Waals surface area (Å²) in [5.41, 5.74) is -0.314. The molecular weight excluding hydrogens is 374 g/mol. The number of nitrogens with one attached hydrogen (secondary N) is 1. The Kier molecular flexibility index (Phi) is 4.92. The third-order valence-corrected chi connectivity index (χ3v) is 3.90. The van der Waals surface area contributed by atoms with Crippen LogP contribution in [-0.4, -0.2) is 15.5 Å². The van der Waals surface area contributed by atoms with Crippen LogP contribution < -0.4 is 5.32 Å². The molecule has 0 aliphatic rings. The van der Waals surface area contributed by atoms with Crippen LogP contribution in [-0.2, 0) is 6.18 Å². The largest absolute Gasteiger partial charge is 0.416 e. The molecule has 0 saturated carbocycles. The van der Waals surface area contributed by atoms with Gasteiger partial charge in [-0.05, 0) is 43.3 Å². The van der Waals surface area contributed by atoms with Gasteiger partial charge in [-0.2, -0.15) is 13.2 Å². The molecule has 142 valence electrons. The summed E-state index contributed by atoms with van der Waals surface area (Å²) >= 11 is 0. The number of anilines is 1. The van der Waals surface area contributed by atoms with Gasteiger partial charge < -0.3 is 9.88 Å². The van der Waals surface area contributed by atoms with E-state index in [0.29, 0.717) is 5.69 Å². The fourth-order valence-corrected chi connectivity index (χ4v) is 2.54. The first-order chi connectivity index (χ1) is 13.2. The second-order valence-corrected chi connectivity index (χ2v) is 5.98. The van der Waals surface area contributed by atoms with Gasteiger partial charge in [0.15, 0.2) is 0 Å². The number of aryl methyl sites for hydroxylation is 1. The van der Waals surface area contributed by atoms with Crippen LogP contribution in [0.25, 0.3) is 5.69 Å². The van der Waals surface area contributed by atoms with E-state index >= 15 is 0 Å². The fraction of sp³-hybridized carbons (Fsp3) is 0.100. The van der Waals surface area contributed by atoms with E-state index in [4.69, 9.17) is 6.42 Å². The van der Waals surface area contributed by atoms with Crippen molar-refractivity contribution < 1.29 is 22.4 Å². The zero-order valence-corrected chi connectivity index (χ0v) is 14.5. The minimum atomic E-state index is -4.61. The number of halogens is 4. The Hall–Kier alpha value is -3.60. The predicted octanol–water partition coefficient (Wildman–Crippen LogP) is 4.57. The molecule has 1 amide bonds. The Bertz CT molecular complexity index is 1090. The summed E-state index contributed by atoms with van der Waals surface area (Å²) in [4.78, 5) is 16.4. The van der Waals surface area contributed by atoms with Gasteiger partial charge in [-0.3, -0.25) is 4.79 Å². The van der Waals surface area contributed by atoms with E-state index in [9.17, 15) is 22.4 Å². The second-order valence-electron chi connectivity index (χ2n) is 5.98. The molecule has 0 atom stereocenters. The molecule has 1 heterocycles. The van der Waals surface area contributed by atoms with Crippen molar-refractivity contribution in [3.05, 3.63) is 77.1 Å². The highest BCUT2D eigenvalue weighted by Crippen LogP contribution is 2.33. The van der Waals surface area contributed by atoms with E-state index in [1.165, 1.54) is 23.0 Å². The van der Waals surface area contributed by atoms with Gasteiger partial charge in [0.2, 0.25) is 0 Å². The molecule has 3 rings (SSSR count). The fourth-order valence-electron chi connectivity index (χ4n) is 2.54. The molecule has 0 aliphatic heterocycles. The van der Waals surface area contributed by atoms with Crippen LogP contribution >= 0.6 is 0 Å². The van der Waals surface area contributed by atoms with Gasteiger partial charge in [-0.15, -0.1) is 6.42 Å². The lowest BCUT2D eigenvalue weighted by atomic mass is 10.1. The van der Waals surface area contributed by atoms with E-state index in [2.05, 4.69) is 16.2 Å². The lowest BCUT2D eigenvalue weighted by Crippen LogP contribution is -2.14. The van der Waals surface area contributed by atoms with Crippen LogP contribution in [0.3, 0.4) is 0 Å². The minimum absolute atomic E-state index is 0.0202. The summed E-state index contributed by atoms with van der Waals surface area (Å²) in [7, 11) is 0. The third-order valence-electron chi connectivity index (χ3n) is 3.90. The molecule has 0 spiro atoms. The number of carbonyl (C=O) groups excluding carboxylic acids is 1. The summed E-state index contributed by atoms with van der Waals surface area (Å²) in [6.07, 6.45) is 3.48. The Morgan fingerprint density at radius 1 is 1.21 bits per heavy atom. The molecule has 8 heteroatoms. The smallest absolute Gasteiger partial charge is 0.322 e. The predicted molar refractivity (Wildman–Crippen MR) is 95.6 cm³/mol. The van der Waals surface area contributed by atoms with Gasteiger partial charge in [-0.1, -0.05) is 5.92 Å². The number of terminal acetylenes is 1. The number of amides is 1. The monoisotopic (exact) mass is 387 g/mol. The summed E-state index contributed by atoms with van der Waals surface area (Å²) < 4.78 is 54.7. The topological polar surface area (TPSA) is 46.9 Å². The first kappa shape index (κ1) is 19.2. The molecule has 0 saturated heterocycles. The van der Waals surface area contributed by atoms with Crippen molar-refractivity contribution in [1.29, 1.82) is 0 Å². The number of nitrogens with zero attached hydrogens (tertiary/aromatic N) is 2. The van der Waals surface area contributed by atoms with Crippen LogP contribution in [0, 0.1) is 25.1 Å². The van der Waals surface area contributed by atoms with Crippen molar-refractivity contribution in [2.45, 2.75) is 13.1 Å². The van der Waals surface area contributed by atoms with Gasteiger partial charge in [0.25, 0.3) is 5.91 Å². The molecule has 0 aliphatic carbocycles. The maximum absolute atomic E-state index is 13.5. The summed E-state index contributed by atoms with van der Waals surface area (Å²) in [6, 6.07) is 6.51. The van der Waals surface area contributed by atoms with Crippen LogP contribution in [0.2, 0.25) is 0 Å². The van der Waals surface area contributed by atoms with Gasteiger partial charge in [0.05, 0.1) is 23.1 Å². The first-order valence-electron chi connectivity index (χ1n) is 7.98. The van der Waals surface area contributed by atoms with Crippen molar-refractivity contribution in [1.82, 2.24) is 9.55 Å². The van der Waals surface area contributed by atoms with E-state index in [-0.39, 0.29) is 22.5 Å². The van der Waals surface area contributed by atoms with Crippen molar-refractivity contribution in [2.75, 3.05) is 5.32 Å². The Balaban J connectivity index is 1.99. The number of benzene rings is 2. The summed E-state index contributed by atoms with van der Waals surface area (Å²) in [5, 5.41) is 2.39. The number of hydrogen-bond donors (Lipinski definition) is 1. The molecule has 2 aromatic carbocycles. The molecular formula is C20H13F4N3O. The SMILES string of the molecule is C#Cc1cc(C(=O)Nc2cc(-n3cnc(C)c3)cc(C(F)(F)F)c2)ccc1F. The van der Waals surface area contributed by atoms with Crippen molar-refractivity contribution in [2.24, 2.45) is 0 Å². The molecule has 0 unspecified atom stereocenters. The maximum Gasteiger partial charge on any atom is 0.416 e. The zero-order chi connectivity index (χ0) is 20.5. The number of alkyl halides is 3. The summed E-state index contributed by atoms with van der Waals surface area (Å²) in [5.74, 6) is 0.713. The van der Waals surface area contributed by atoms with E-state index in [0.717, 1.165) is 24.3 Å². The molecule has 4 nitrogen and oxygen atoms in total. The number of rotatable bonds is 3. The molecule has 1 aromatic heterocycles. The average Bonchev–Trinajstić information content (AvgIpc) is 3.07. The molecule has 28 heavy (non-hydrogen) atoms. The molecule has 0 bridgehead atoms. The van der Waals surface area contributed by atoms with Crippen LogP contribution in [0.5, 0.6) is 0 Å². The molecule has 3 aromatic rings. The normalized spacial score (nSPS) is 11.1. The van der Waals surface area contributed by atoms with Gasteiger partial charge >= 0.3 is 6.18 Å². The van der Waals surface area contributed by atoms with Gasteiger partial charge in [0.1, 0.15) is 5.82 Å². The van der Waals surface area contributed by atoms with Crippen molar-refractivity contribution in [3.63, 3.8) is 0 Å². The van der Waals surface area contributed by atoms with Crippen LogP contribution in [0.15, 0.2) is 48.9 Å². The highest BCUT2D eigenvalue weighted by atomic mass is 19.4. The van der Waals surface area contributed by atoms with Crippen LogP contribution in [0.1, 0.15) is 27.2 Å². The first-order valence-corrected chi connectivity index (χ1v) is 7.98. The Labute approximate surface area is 157 Å². The standard InChI is InChI=1S/C20H13F4N3O/c1-3-13-6-14(4-5-18(13)21)19(28)26-16-7-15(20(22,23)24)8-17(9-16)27-10-12(2)25-11-27/h1,4-11H,2H3,(H,26,28). The Morgan fingerprint density at radius 2 is 1.96 bits per heavy atom. The van der Waals surface area contributed by atoms with Crippen molar-refractivity contribution >= 4 is 11.6 Å². The number of aromatic nitrogens is 2. The van der Waals surface area contributed by atoms with E-state index in [1.54, 1.807) is 13.1 Å². The Morgan fingerprint density at radius 3 is 2.57 bits per heavy atom. The quantitative estimate of drug-likeness (QED) is 0.529. The number of carbonyl (C=O) groups is 1. The van der Waals surface area contributed by atoms with E-state index in [1.807, 2.05) is 0 Å². The molecule has 0 radical (unpaired) electrons. The minimum Gasteiger partial charge on any atom is -0.322 e. The average molecular weight is 387 g/mol. The van der Waals surface area contributed by atoms with Crippen molar-refractivity contribution in [3.8, 4) is 18.0 Å². The lowest BCUT2D eigenvalue weighted by molar-refractivity contribution is -0.137. The summed E-state index contributed by atoms with van der Waals surface area (Å²) in [6.45, 7) is 1.70. The third kappa shape index (κ3) is 4.04. The van der Waals surface area contributed by atoms with Gasteiger partial charge in [0, 0.05) is 23.1 Å². The molecule has 1 N–H and O–H groups in total. The number of hydrogen-bond acceptors (Lipinski definition) is 2. The molecule has 0 fully saturated rings. The van der Waals surface area contributed by atoms with E-state index < -0.39 is 23.5 Å².